The molecule has 1 aliphatic rings. The number of amides is 1. The Balaban J connectivity index is 2.38. The number of carbonyl (C=O) groups excluding carboxylic acids is 1. The zero-order chi connectivity index (χ0) is 15.6. The number of carboxylic acid groups (broad SMARTS) is 1. The van der Waals surface area contributed by atoms with Crippen LogP contribution in [0.1, 0.15) is 43.0 Å². The Labute approximate surface area is 137 Å². The molecule has 6 heteroatoms. The maximum atomic E-state index is 12.7. The third-order valence-corrected chi connectivity index (χ3v) is 4.58. The summed E-state index contributed by atoms with van der Waals surface area (Å²) in [5.74, 6) is -1.19. The molecule has 114 valence electrons. The summed E-state index contributed by atoms with van der Waals surface area (Å²) in [6.07, 6.45) is 2.40. The lowest BCUT2D eigenvalue weighted by Crippen LogP contribution is -2.53. The average Bonchev–Trinajstić information content (AvgIpc) is 2.82. The van der Waals surface area contributed by atoms with E-state index in [2.05, 4.69) is 15.9 Å². The number of halogens is 2. The molecule has 1 unspecified atom stereocenters. The minimum Gasteiger partial charge on any atom is -0.479 e. The lowest BCUT2D eigenvalue weighted by Gasteiger charge is -2.34. The van der Waals surface area contributed by atoms with Crippen molar-refractivity contribution in [3.8, 4) is 0 Å². The third kappa shape index (κ3) is 3.09. The number of carboxylic acids is 1. The van der Waals surface area contributed by atoms with Gasteiger partial charge in [-0.2, -0.15) is 0 Å². The smallest absolute Gasteiger partial charge is 0.329 e. The van der Waals surface area contributed by atoms with Crippen molar-refractivity contribution in [1.82, 2.24) is 4.90 Å². The lowest BCUT2D eigenvalue weighted by atomic mass is 9.90. The molecule has 1 aliphatic heterocycles. The van der Waals surface area contributed by atoms with Gasteiger partial charge >= 0.3 is 5.97 Å². The summed E-state index contributed by atoms with van der Waals surface area (Å²) >= 11 is 9.29. The van der Waals surface area contributed by atoms with Gasteiger partial charge in [-0.3, -0.25) is 4.79 Å². The molecule has 21 heavy (non-hydrogen) atoms. The minimum absolute atomic E-state index is 0.272. The molecule has 0 saturated carbocycles. The molecule has 1 heterocycles. The van der Waals surface area contributed by atoms with Crippen LogP contribution in [0.3, 0.4) is 0 Å². The van der Waals surface area contributed by atoms with E-state index in [4.69, 9.17) is 11.6 Å². The molecule has 1 saturated heterocycles. The van der Waals surface area contributed by atoms with E-state index in [1.165, 1.54) is 4.90 Å². The molecule has 0 bridgehead atoms. The van der Waals surface area contributed by atoms with E-state index in [0.29, 0.717) is 40.9 Å². The van der Waals surface area contributed by atoms with Gasteiger partial charge in [-0.05, 0) is 37.5 Å². The molecule has 2 rings (SSSR count). The van der Waals surface area contributed by atoms with Gasteiger partial charge < -0.3 is 10.0 Å². The van der Waals surface area contributed by atoms with E-state index in [1.54, 1.807) is 18.2 Å². The maximum absolute atomic E-state index is 12.7. The van der Waals surface area contributed by atoms with E-state index < -0.39 is 11.5 Å². The fourth-order valence-corrected chi connectivity index (χ4v) is 3.87. The number of rotatable bonds is 4. The van der Waals surface area contributed by atoms with E-state index in [0.717, 1.165) is 6.42 Å². The normalized spacial score (nSPS) is 21.6. The molecule has 0 radical (unpaired) electrons. The first-order valence-corrected chi connectivity index (χ1v) is 8.09. The number of carbonyl (C=O) groups is 2. The molecule has 1 amide bonds. The molecule has 1 aromatic rings. The number of nitrogens with zero attached hydrogens (tertiary/aromatic N) is 1. The Morgan fingerprint density at radius 3 is 2.71 bits per heavy atom. The highest BCUT2D eigenvalue weighted by molar-refractivity contribution is 9.10. The third-order valence-electron chi connectivity index (χ3n) is 3.91. The van der Waals surface area contributed by atoms with Crippen molar-refractivity contribution >= 4 is 39.4 Å². The van der Waals surface area contributed by atoms with E-state index >= 15 is 0 Å². The Morgan fingerprint density at radius 1 is 1.43 bits per heavy atom. The van der Waals surface area contributed by atoms with Gasteiger partial charge in [0.15, 0.2) is 0 Å². The van der Waals surface area contributed by atoms with Gasteiger partial charge in [0.05, 0.1) is 0 Å². The predicted molar refractivity (Wildman–Crippen MR) is 84.7 cm³/mol. The van der Waals surface area contributed by atoms with Gasteiger partial charge in [-0.25, -0.2) is 4.79 Å². The van der Waals surface area contributed by atoms with Gasteiger partial charge in [0.2, 0.25) is 0 Å². The second kappa shape index (κ2) is 6.36. The quantitative estimate of drug-likeness (QED) is 0.868. The molecule has 1 aromatic carbocycles. The van der Waals surface area contributed by atoms with E-state index in [-0.39, 0.29) is 5.91 Å². The SMILES string of the molecule is CCCC1(C(=O)O)CCCN1C(=O)c1cc(Cl)cc(Br)c1. The Hall–Kier alpha value is -1.07. The summed E-state index contributed by atoms with van der Waals surface area (Å²) in [5.41, 5.74) is -0.668. The van der Waals surface area contributed by atoms with Crippen LogP contribution < -0.4 is 0 Å². The van der Waals surface area contributed by atoms with Gasteiger partial charge in [-0.15, -0.1) is 0 Å². The highest BCUT2D eigenvalue weighted by Gasteiger charge is 2.49. The molecule has 0 aliphatic carbocycles. The molecule has 1 fully saturated rings. The first-order valence-electron chi connectivity index (χ1n) is 6.92. The summed E-state index contributed by atoms with van der Waals surface area (Å²) in [6.45, 7) is 2.40. The van der Waals surface area contributed by atoms with Crippen molar-refractivity contribution in [3.63, 3.8) is 0 Å². The van der Waals surface area contributed by atoms with Gasteiger partial charge in [0, 0.05) is 21.6 Å². The number of hydrogen-bond donors (Lipinski definition) is 1. The van der Waals surface area contributed by atoms with Crippen LogP contribution in [0.5, 0.6) is 0 Å². The molecule has 1 atom stereocenters. The first-order chi connectivity index (χ1) is 9.90. The molecule has 4 nitrogen and oxygen atoms in total. The largest absolute Gasteiger partial charge is 0.479 e. The highest BCUT2D eigenvalue weighted by Crippen LogP contribution is 2.35. The Morgan fingerprint density at radius 2 is 2.14 bits per heavy atom. The van der Waals surface area contributed by atoms with Crippen LogP contribution >= 0.6 is 27.5 Å². The highest BCUT2D eigenvalue weighted by atomic mass is 79.9. The molecule has 0 spiro atoms. The second-order valence-electron chi connectivity index (χ2n) is 5.31. The summed E-state index contributed by atoms with van der Waals surface area (Å²) in [7, 11) is 0. The summed E-state index contributed by atoms with van der Waals surface area (Å²) in [4.78, 5) is 26.0. The maximum Gasteiger partial charge on any atom is 0.329 e. The van der Waals surface area contributed by atoms with E-state index in [1.807, 2.05) is 6.92 Å². The zero-order valence-corrected chi connectivity index (χ0v) is 14.1. The summed E-state index contributed by atoms with van der Waals surface area (Å²) < 4.78 is 0.703. The van der Waals surface area contributed by atoms with Gasteiger partial charge in [0.1, 0.15) is 5.54 Å². The van der Waals surface area contributed by atoms with Crippen molar-refractivity contribution in [3.05, 3.63) is 33.3 Å². The first kappa shape index (κ1) is 16.3. The zero-order valence-electron chi connectivity index (χ0n) is 11.7. The van der Waals surface area contributed by atoms with Crippen LogP contribution in [0, 0.1) is 0 Å². The van der Waals surface area contributed by atoms with Crippen molar-refractivity contribution in [2.75, 3.05) is 6.54 Å². The fourth-order valence-electron chi connectivity index (χ4n) is 3.01. The van der Waals surface area contributed by atoms with Crippen molar-refractivity contribution in [1.29, 1.82) is 0 Å². The fraction of sp³-hybridized carbons (Fsp3) is 0.467. The molecule has 1 N–H and O–H groups in total. The Bertz CT molecular complexity index is 558. The number of benzene rings is 1. The van der Waals surface area contributed by atoms with Crippen molar-refractivity contribution in [2.24, 2.45) is 0 Å². The van der Waals surface area contributed by atoms with Gasteiger partial charge in [-0.1, -0.05) is 40.9 Å². The molecular formula is C15H17BrClNO3. The van der Waals surface area contributed by atoms with Crippen LogP contribution in [0.15, 0.2) is 22.7 Å². The minimum atomic E-state index is -1.08. The van der Waals surface area contributed by atoms with Crippen molar-refractivity contribution < 1.29 is 14.7 Å². The monoisotopic (exact) mass is 373 g/mol. The van der Waals surface area contributed by atoms with Crippen molar-refractivity contribution in [2.45, 2.75) is 38.1 Å². The van der Waals surface area contributed by atoms with Crippen LogP contribution in [-0.4, -0.2) is 34.0 Å². The van der Waals surface area contributed by atoms with Gasteiger partial charge in [0.25, 0.3) is 5.91 Å². The van der Waals surface area contributed by atoms with E-state index in [9.17, 15) is 14.7 Å². The standard InChI is InChI=1S/C15H17BrClNO3/c1-2-4-15(14(20)21)5-3-6-18(15)13(19)10-7-11(16)9-12(17)8-10/h7-9H,2-6H2,1H3,(H,20,21). The average molecular weight is 375 g/mol. The topological polar surface area (TPSA) is 57.6 Å². The predicted octanol–water partition coefficient (Wildman–Crippen LogP) is 3.96. The Kier molecular flexibility index (Phi) is 4.94. The summed E-state index contributed by atoms with van der Waals surface area (Å²) in [5, 5.41) is 10.1. The van der Waals surface area contributed by atoms with Crippen LogP contribution in [0.4, 0.5) is 0 Å². The summed E-state index contributed by atoms with van der Waals surface area (Å²) in [6, 6.07) is 4.94. The van der Waals surface area contributed by atoms with Crippen LogP contribution in [-0.2, 0) is 4.79 Å². The molecular weight excluding hydrogens is 358 g/mol. The van der Waals surface area contributed by atoms with Crippen LogP contribution in [0.2, 0.25) is 5.02 Å². The second-order valence-corrected chi connectivity index (χ2v) is 6.66. The number of hydrogen-bond acceptors (Lipinski definition) is 2. The number of aliphatic carboxylic acids is 1. The number of likely N-dealkylation sites (tertiary alicyclic amines) is 1. The molecule has 0 aromatic heterocycles. The lowest BCUT2D eigenvalue weighted by molar-refractivity contribution is -0.148. The van der Waals surface area contributed by atoms with Crippen LogP contribution in [0.25, 0.3) is 0 Å².